The van der Waals surface area contributed by atoms with Gasteiger partial charge < -0.3 is 14.9 Å². The molecule has 0 aliphatic carbocycles. The zero-order valence-electron chi connectivity index (χ0n) is 7.79. The van der Waals surface area contributed by atoms with Crippen molar-refractivity contribution in [2.75, 3.05) is 20.2 Å². The van der Waals surface area contributed by atoms with Crippen LogP contribution in [0.3, 0.4) is 0 Å². The van der Waals surface area contributed by atoms with Crippen LogP contribution in [0.5, 0.6) is 0 Å². The molecule has 0 radical (unpaired) electrons. The van der Waals surface area contributed by atoms with E-state index in [4.69, 9.17) is 9.63 Å². The molecular weight excluding hydrogens is 170 g/mol. The van der Waals surface area contributed by atoms with Gasteiger partial charge in [0, 0.05) is 26.0 Å². The Morgan fingerprint density at radius 2 is 2.31 bits per heavy atom. The van der Waals surface area contributed by atoms with Gasteiger partial charge in [0.1, 0.15) is 0 Å². The molecule has 0 spiro atoms. The second-order valence-electron chi connectivity index (χ2n) is 2.79. The normalized spacial score (nSPS) is 10.6. The van der Waals surface area contributed by atoms with Crippen molar-refractivity contribution < 1.29 is 9.63 Å². The Kier molecular flexibility index (Phi) is 4.42. The standard InChI is InChI=1S/C8H15N3O2/c1-9-5-4-8-10-7(11-13-8)3-2-6-12/h9,12H,2-6H2,1H3. The van der Waals surface area contributed by atoms with E-state index in [0.29, 0.717) is 24.6 Å². The number of nitrogens with one attached hydrogen (secondary N) is 1. The van der Waals surface area contributed by atoms with Crippen molar-refractivity contribution >= 4 is 0 Å². The van der Waals surface area contributed by atoms with E-state index in [0.717, 1.165) is 13.0 Å². The number of nitrogens with zero attached hydrogens (tertiary/aromatic N) is 2. The topological polar surface area (TPSA) is 71.2 Å². The minimum absolute atomic E-state index is 0.167. The Bertz CT molecular complexity index is 215. The van der Waals surface area contributed by atoms with Gasteiger partial charge in [-0.25, -0.2) is 0 Å². The summed E-state index contributed by atoms with van der Waals surface area (Å²) in [5.41, 5.74) is 0. The van der Waals surface area contributed by atoms with E-state index in [2.05, 4.69) is 15.5 Å². The molecule has 0 amide bonds. The summed E-state index contributed by atoms with van der Waals surface area (Å²) in [7, 11) is 1.88. The Labute approximate surface area is 77.2 Å². The van der Waals surface area contributed by atoms with E-state index in [-0.39, 0.29) is 6.61 Å². The smallest absolute Gasteiger partial charge is 0.227 e. The van der Waals surface area contributed by atoms with E-state index in [1.54, 1.807) is 0 Å². The van der Waals surface area contributed by atoms with E-state index in [1.165, 1.54) is 0 Å². The summed E-state index contributed by atoms with van der Waals surface area (Å²) in [5, 5.41) is 15.4. The van der Waals surface area contributed by atoms with Crippen LogP contribution in [-0.4, -0.2) is 35.4 Å². The molecule has 1 heterocycles. The molecule has 0 saturated heterocycles. The first-order valence-electron chi connectivity index (χ1n) is 4.43. The number of aliphatic hydroxyl groups is 1. The van der Waals surface area contributed by atoms with Crippen molar-refractivity contribution in [3.63, 3.8) is 0 Å². The number of aromatic nitrogens is 2. The third kappa shape index (κ3) is 3.52. The molecule has 0 aromatic carbocycles. The van der Waals surface area contributed by atoms with Gasteiger partial charge in [-0.15, -0.1) is 0 Å². The molecule has 0 atom stereocenters. The SMILES string of the molecule is CNCCc1nc(CCCO)no1. The van der Waals surface area contributed by atoms with Gasteiger partial charge in [-0.05, 0) is 13.5 Å². The number of hydrogen-bond acceptors (Lipinski definition) is 5. The lowest BCUT2D eigenvalue weighted by Gasteiger charge is -1.91. The summed E-state index contributed by atoms with van der Waals surface area (Å²) >= 11 is 0. The fraction of sp³-hybridized carbons (Fsp3) is 0.750. The maximum Gasteiger partial charge on any atom is 0.227 e. The van der Waals surface area contributed by atoms with Crippen LogP contribution in [0.2, 0.25) is 0 Å². The van der Waals surface area contributed by atoms with E-state index in [9.17, 15) is 0 Å². The van der Waals surface area contributed by atoms with Crippen LogP contribution in [-0.2, 0) is 12.8 Å². The van der Waals surface area contributed by atoms with Crippen molar-refractivity contribution in [3.8, 4) is 0 Å². The largest absolute Gasteiger partial charge is 0.396 e. The second kappa shape index (κ2) is 5.66. The van der Waals surface area contributed by atoms with Gasteiger partial charge in [0.05, 0.1) is 0 Å². The highest BCUT2D eigenvalue weighted by Gasteiger charge is 2.04. The van der Waals surface area contributed by atoms with Gasteiger partial charge >= 0.3 is 0 Å². The van der Waals surface area contributed by atoms with E-state index in [1.807, 2.05) is 7.05 Å². The van der Waals surface area contributed by atoms with Crippen LogP contribution in [0.4, 0.5) is 0 Å². The minimum atomic E-state index is 0.167. The van der Waals surface area contributed by atoms with Crippen LogP contribution < -0.4 is 5.32 Å². The third-order valence-electron chi connectivity index (χ3n) is 1.66. The maximum absolute atomic E-state index is 8.58. The van der Waals surface area contributed by atoms with Gasteiger partial charge in [-0.1, -0.05) is 5.16 Å². The fourth-order valence-electron chi connectivity index (χ4n) is 0.962. The van der Waals surface area contributed by atoms with Crippen LogP contribution in [0.1, 0.15) is 18.1 Å². The Morgan fingerprint density at radius 3 is 3.00 bits per heavy atom. The molecule has 2 N–H and O–H groups in total. The molecule has 1 aromatic heterocycles. The highest BCUT2D eigenvalue weighted by Crippen LogP contribution is 2.00. The quantitative estimate of drug-likeness (QED) is 0.640. The van der Waals surface area contributed by atoms with Crippen molar-refractivity contribution in [2.24, 2.45) is 0 Å². The summed E-state index contributed by atoms with van der Waals surface area (Å²) in [6.07, 6.45) is 2.12. The summed E-state index contributed by atoms with van der Waals surface area (Å²) in [6.45, 7) is 1.00. The van der Waals surface area contributed by atoms with Crippen molar-refractivity contribution in [1.29, 1.82) is 0 Å². The van der Waals surface area contributed by atoms with Gasteiger partial charge in [0.15, 0.2) is 5.82 Å². The molecule has 74 valence electrons. The van der Waals surface area contributed by atoms with Gasteiger partial charge in [0.25, 0.3) is 0 Å². The average molecular weight is 185 g/mol. The fourth-order valence-corrected chi connectivity index (χ4v) is 0.962. The van der Waals surface area contributed by atoms with Crippen molar-refractivity contribution in [3.05, 3.63) is 11.7 Å². The molecule has 0 aliphatic rings. The molecule has 13 heavy (non-hydrogen) atoms. The first kappa shape index (κ1) is 10.1. The lowest BCUT2D eigenvalue weighted by Crippen LogP contribution is -2.10. The molecule has 5 nitrogen and oxygen atoms in total. The molecule has 5 heteroatoms. The molecule has 1 rings (SSSR count). The third-order valence-corrected chi connectivity index (χ3v) is 1.66. The Hall–Kier alpha value is -0.940. The predicted molar refractivity (Wildman–Crippen MR) is 47.3 cm³/mol. The van der Waals surface area contributed by atoms with Crippen LogP contribution in [0, 0.1) is 0 Å². The number of aryl methyl sites for hydroxylation is 1. The molecule has 0 bridgehead atoms. The number of aliphatic hydroxyl groups excluding tert-OH is 1. The first-order valence-corrected chi connectivity index (χ1v) is 4.43. The molecule has 1 aromatic rings. The molecule has 0 fully saturated rings. The summed E-state index contributed by atoms with van der Waals surface area (Å²) in [5.74, 6) is 1.34. The van der Waals surface area contributed by atoms with E-state index < -0.39 is 0 Å². The number of rotatable bonds is 6. The lowest BCUT2D eigenvalue weighted by molar-refractivity contribution is 0.286. The second-order valence-corrected chi connectivity index (χ2v) is 2.79. The van der Waals surface area contributed by atoms with Gasteiger partial charge in [0.2, 0.25) is 5.89 Å². The summed E-state index contributed by atoms with van der Waals surface area (Å²) in [4.78, 5) is 4.16. The van der Waals surface area contributed by atoms with Crippen molar-refractivity contribution in [2.45, 2.75) is 19.3 Å². The maximum atomic E-state index is 8.58. The Balaban J connectivity index is 2.34. The first-order chi connectivity index (χ1) is 6.36. The molecule has 0 saturated carbocycles. The molecule has 0 unspecified atom stereocenters. The number of hydrogen-bond donors (Lipinski definition) is 2. The average Bonchev–Trinajstić information content (AvgIpc) is 2.59. The minimum Gasteiger partial charge on any atom is -0.396 e. The van der Waals surface area contributed by atoms with Gasteiger partial charge in [-0.3, -0.25) is 0 Å². The monoisotopic (exact) mass is 185 g/mol. The molecular formula is C8H15N3O2. The summed E-state index contributed by atoms with van der Waals surface area (Å²) in [6, 6.07) is 0. The number of likely N-dealkylation sites (N-methyl/N-ethyl adjacent to an activating group) is 1. The van der Waals surface area contributed by atoms with Crippen LogP contribution in [0.15, 0.2) is 4.52 Å². The zero-order valence-corrected chi connectivity index (χ0v) is 7.79. The van der Waals surface area contributed by atoms with Crippen LogP contribution in [0.25, 0.3) is 0 Å². The highest BCUT2D eigenvalue weighted by atomic mass is 16.5. The van der Waals surface area contributed by atoms with Gasteiger partial charge in [-0.2, -0.15) is 4.98 Å². The van der Waals surface area contributed by atoms with E-state index >= 15 is 0 Å². The van der Waals surface area contributed by atoms with Crippen LogP contribution >= 0.6 is 0 Å². The molecule has 0 aliphatic heterocycles. The highest BCUT2D eigenvalue weighted by molar-refractivity contribution is 4.86. The van der Waals surface area contributed by atoms with Crippen molar-refractivity contribution in [1.82, 2.24) is 15.5 Å². The summed E-state index contributed by atoms with van der Waals surface area (Å²) < 4.78 is 4.98. The lowest BCUT2D eigenvalue weighted by atomic mass is 10.3. The zero-order chi connectivity index (χ0) is 9.52. The Morgan fingerprint density at radius 1 is 1.46 bits per heavy atom. The predicted octanol–water partition coefficient (Wildman–Crippen LogP) is -0.244.